The molecule has 0 N–H and O–H groups in total. The van der Waals surface area contributed by atoms with Crippen molar-refractivity contribution in [3.63, 3.8) is 0 Å². The first-order chi connectivity index (χ1) is 20.2. The number of hydrogen-bond acceptors (Lipinski definition) is 0. The fourth-order valence-corrected chi connectivity index (χ4v) is 11.7. The average Bonchev–Trinajstić information content (AvgIpc) is 3.73. The number of halogens is 1. The van der Waals surface area contributed by atoms with Crippen LogP contribution in [0.1, 0.15) is 40.9 Å². The summed E-state index contributed by atoms with van der Waals surface area (Å²) < 4.78 is 6.00. The Hall–Kier alpha value is -3.39. The molecule has 0 saturated heterocycles. The number of benzene rings is 4. The molecule has 0 bridgehead atoms. The molecule has 0 fully saturated rings. The van der Waals surface area contributed by atoms with Crippen LogP contribution in [-0.2, 0) is 23.2 Å². The number of nitrogens with zero attached hydrogens (tertiary/aromatic N) is 2. The van der Waals surface area contributed by atoms with E-state index in [0.29, 0.717) is 7.25 Å². The molecule has 0 amide bonds. The molecule has 41 heavy (non-hydrogen) atoms. The normalized spacial score (nSPS) is 17.1. The Morgan fingerprint density at radius 3 is 1.39 bits per heavy atom. The van der Waals surface area contributed by atoms with Crippen molar-refractivity contribution in [2.24, 2.45) is 0 Å². The van der Waals surface area contributed by atoms with E-state index in [1.54, 1.807) is 0 Å². The van der Waals surface area contributed by atoms with Crippen LogP contribution < -0.4 is 0 Å². The maximum atomic E-state index is 4.64. The first-order valence-corrected chi connectivity index (χ1v) is 17.7. The first kappa shape index (κ1) is 26.5. The van der Waals surface area contributed by atoms with Gasteiger partial charge in [-0.1, -0.05) is 0 Å². The Morgan fingerprint density at radius 1 is 0.537 bits per heavy atom. The Bertz CT molecular complexity index is 1850. The molecule has 2 aliphatic rings. The Morgan fingerprint density at radius 2 is 0.927 bits per heavy atom. The van der Waals surface area contributed by atoms with Crippen LogP contribution in [0.25, 0.3) is 45.4 Å². The van der Waals surface area contributed by atoms with Gasteiger partial charge in [-0.3, -0.25) is 0 Å². The van der Waals surface area contributed by atoms with E-state index < -0.39 is 23.2 Å². The first-order valence-electron chi connectivity index (χ1n) is 14.1. The molecule has 0 spiro atoms. The zero-order valence-electron chi connectivity index (χ0n) is 23.5. The number of aromatic nitrogens is 2. The van der Waals surface area contributed by atoms with E-state index in [1.165, 1.54) is 73.2 Å². The van der Waals surface area contributed by atoms with E-state index in [0.717, 1.165) is 0 Å². The van der Waals surface area contributed by atoms with E-state index in [1.807, 2.05) is 0 Å². The van der Waals surface area contributed by atoms with Crippen LogP contribution in [-0.4, -0.2) is 15.5 Å². The van der Waals surface area contributed by atoms with Crippen molar-refractivity contribution in [2.45, 2.75) is 21.1 Å². The monoisotopic (exact) mass is 628 g/mol. The number of alkyl halides is 1. The van der Waals surface area contributed by atoms with Crippen LogP contribution in [0.5, 0.6) is 0 Å². The molecule has 200 valence electrons. The number of rotatable bonds is 4. The summed E-state index contributed by atoms with van der Waals surface area (Å²) in [4.78, 5) is 0. The van der Waals surface area contributed by atoms with Gasteiger partial charge in [0.05, 0.1) is 0 Å². The van der Waals surface area contributed by atoms with Gasteiger partial charge in [-0.05, 0) is 0 Å². The van der Waals surface area contributed by atoms with Crippen molar-refractivity contribution >= 4 is 57.0 Å². The van der Waals surface area contributed by atoms with Crippen LogP contribution in [0.3, 0.4) is 0 Å². The van der Waals surface area contributed by atoms with Crippen LogP contribution in [0, 0.1) is 13.8 Å². The van der Waals surface area contributed by atoms with Gasteiger partial charge in [-0.15, -0.1) is 11.6 Å². The topological polar surface area (TPSA) is 9.86 Å². The molecule has 2 nitrogen and oxygen atoms in total. The van der Waals surface area contributed by atoms with E-state index in [2.05, 4.69) is 156 Å². The third-order valence-corrected chi connectivity index (χ3v) is 13.1. The molecule has 2 aromatic heterocycles. The molecule has 2 heterocycles. The number of fused-ring (bicyclic) bond motifs is 4. The van der Waals surface area contributed by atoms with Gasteiger partial charge in [0.15, 0.2) is 0 Å². The summed E-state index contributed by atoms with van der Waals surface area (Å²) in [6.45, 7) is 4.52. The SMILES string of the molecule is CCl.Cc1cc2ccccc2n1C1=Cc2ccccc2[CH]1[Zr][CH]1C(n2c(C)cc3ccccc32)=Cc2ccccc21. The van der Waals surface area contributed by atoms with Crippen molar-refractivity contribution in [1.82, 2.24) is 9.13 Å². The predicted molar refractivity (Wildman–Crippen MR) is 172 cm³/mol. The van der Waals surface area contributed by atoms with Crippen molar-refractivity contribution in [3.8, 4) is 0 Å². The van der Waals surface area contributed by atoms with E-state index in [-0.39, 0.29) is 0 Å². The molecule has 2 aliphatic carbocycles. The molecule has 2 unspecified atom stereocenters. The van der Waals surface area contributed by atoms with Gasteiger partial charge in [0.1, 0.15) is 0 Å². The Kier molecular flexibility index (Phi) is 6.97. The summed E-state index contributed by atoms with van der Waals surface area (Å²) in [5.74, 6) is 0. The maximum absolute atomic E-state index is 4.64. The Labute approximate surface area is 258 Å². The molecule has 0 saturated carbocycles. The molecule has 0 aliphatic heterocycles. The van der Waals surface area contributed by atoms with Gasteiger partial charge < -0.3 is 0 Å². The molecule has 4 heteroatoms. The second-order valence-corrected chi connectivity index (χ2v) is 14.4. The zero-order valence-corrected chi connectivity index (χ0v) is 26.7. The minimum absolute atomic E-state index is 0.459. The van der Waals surface area contributed by atoms with Crippen LogP contribution in [0.4, 0.5) is 0 Å². The van der Waals surface area contributed by atoms with Crippen molar-refractivity contribution in [1.29, 1.82) is 0 Å². The number of para-hydroxylation sites is 2. The minimum atomic E-state index is -1.13. The van der Waals surface area contributed by atoms with Crippen molar-refractivity contribution in [2.75, 3.05) is 6.38 Å². The van der Waals surface area contributed by atoms with Gasteiger partial charge in [-0.2, -0.15) is 0 Å². The van der Waals surface area contributed by atoms with Crippen LogP contribution in [0.15, 0.2) is 109 Å². The molecule has 8 rings (SSSR count). The third-order valence-electron chi connectivity index (χ3n) is 8.45. The summed E-state index contributed by atoms with van der Waals surface area (Å²) >= 11 is 3.51. The van der Waals surface area contributed by atoms with Gasteiger partial charge in [-0.25, -0.2) is 0 Å². The van der Waals surface area contributed by atoms with Gasteiger partial charge in [0, 0.05) is 6.38 Å². The fourth-order valence-electron chi connectivity index (χ4n) is 6.79. The predicted octanol–water partition coefficient (Wildman–Crippen LogP) is 9.96. The summed E-state index contributed by atoms with van der Waals surface area (Å²) in [7, 11) is 0. The van der Waals surface area contributed by atoms with Gasteiger partial charge >= 0.3 is 242 Å². The number of hydrogen-bond donors (Lipinski definition) is 0. The second kappa shape index (κ2) is 10.8. The average molecular weight is 630 g/mol. The zero-order chi connectivity index (χ0) is 28.1. The number of allylic oxidation sites excluding steroid dienone is 2. The van der Waals surface area contributed by atoms with Gasteiger partial charge in [0.2, 0.25) is 0 Å². The molecule has 2 atom stereocenters. The van der Waals surface area contributed by atoms with Crippen molar-refractivity contribution in [3.05, 3.63) is 143 Å². The summed E-state index contributed by atoms with van der Waals surface area (Å²) in [6, 6.07) is 40.6. The molecule has 0 radical (unpaired) electrons. The van der Waals surface area contributed by atoms with E-state index in [9.17, 15) is 0 Å². The second-order valence-electron chi connectivity index (χ2n) is 10.8. The molecular weight excluding hydrogens is 599 g/mol. The quantitative estimate of drug-likeness (QED) is 0.172. The standard InChI is InChI=1S/2C18H14N.CH3Cl.Zr/c2*1-13-10-16-8-4-5-9-18(16)19(13)17-11-14-6-2-3-7-15(14)12-17;1-2;/h2*2-12H,1H3;1H3;. The molecule has 6 aromatic rings. The van der Waals surface area contributed by atoms with E-state index >= 15 is 0 Å². The van der Waals surface area contributed by atoms with Crippen LogP contribution >= 0.6 is 11.6 Å². The number of aryl methyl sites for hydroxylation is 2. The summed E-state index contributed by atoms with van der Waals surface area (Å²) in [5.41, 5.74) is 14.0. The summed E-state index contributed by atoms with van der Waals surface area (Å²) in [5, 5.41) is 2.63. The van der Waals surface area contributed by atoms with Crippen molar-refractivity contribution < 1.29 is 23.2 Å². The summed E-state index contributed by atoms with van der Waals surface area (Å²) in [6.07, 6.45) is 6.42. The fraction of sp³-hybridized carbons (Fsp3) is 0.135. The Balaban J connectivity index is 0.00000135. The molecule has 4 aromatic carbocycles. The third kappa shape index (κ3) is 4.33. The molecular formula is C37H31ClN2Zr. The van der Waals surface area contributed by atoms with E-state index in [4.69, 9.17) is 0 Å². The van der Waals surface area contributed by atoms with Gasteiger partial charge in [0.25, 0.3) is 0 Å². The van der Waals surface area contributed by atoms with Crippen LogP contribution in [0.2, 0.25) is 0 Å².